The van der Waals surface area contributed by atoms with Gasteiger partial charge in [0.05, 0.1) is 103 Å². The predicted octanol–water partition coefficient (Wildman–Crippen LogP) is 3.00. The van der Waals surface area contributed by atoms with E-state index >= 15 is 0 Å². The Morgan fingerprint density at radius 2 is 0.752 bits per heavy atom. The second-order valence-corrected chi connectivity index (χ2v) is 34.0. The topological polar surface area (TPSA) is 445 Å². The minimum atomic E-state index is -6.34. The Balaban J connectivity index is 0. The Labute approximate surface area is 637 Å². The summed E-state index contributed by atoms with van der Waals surface area (Å²) in [6, 6.07) is 9.43. The van der Waals surface area contributed by atoms with E-state index in [1.165, 1.54) is 50.2 Å². The second-order valence-electron chi connectivity index (χ2n) is 27.1. The first-order valence-electron chi connectivity index (χ1n) is 31.9. The van der Waals surface area contributed by atoms with Crippen LogP contribution in [-0.4, -0.2) is 194 Å². The Morgan fingerprint density at radius 3 is 1.04 bits per heavy atom. The number of carbonyl (C=O) groups excluding carboxylic acids is 5. The van der Waals surface area contributed by atoms with E-state index in [2.05, 4.69) is 17.3 Å². The van der Waals surface area contributed by atoms with Crippen LogP contribution in [0.2, 0.25) is 0 Å². The van der Waals surface area contributed by atoms with Crippen LogP contribution in [0.3, 0.4) is 0 Å². The molecule has 3 N–H and O–H groups in total. The molecule has 0 heterocycles. The number of hydrogen-bond acceptors (Lipinski definition) is 25. The minimum Gasteiger partial charge on any atom is -0.481 e. The number of carboxylic acid groups (broad SMARTS) is 3. The SMILES string of the molecule is C=C(COCCOC(=O)C(C)CC(C)(C)C(=O)O)COCCOC(=O)C(C)CC(C)(C)C(=O)O.C=C(COCCOC(=O)C(CC(C)c1ccc(S(=O)(=O)[N-]S(=O)(=O)C(F)(F)F)cc1)CC(C)(C)OC=O)COCCOC(=O)C(CC(C)c1ccc(S(=O)(=O)[N-]S(C)(=O)=O)cc1)CC(C)(C)C(=O)O.[Li+].[Li+]. The fourth-order valence-electron chi connectivity index (χ4n) is 9.65. The van der Waals surface area contributed by atoms with E-state index in [4.69, 9.17) is 52.8 Å². The van der Waals surface area contributed by atoms with Gasteiger partial charge in [-0.3, -0.25) is 38.4 Å². The van der Waals surface area contributed by atoms with E-state index in [-0.39, 0.29) is 167 Å². The van der Waals surface area contributed by atoms with Crippen molar-refractivity contribution in [3.8, 4) is 0 Å². The maximum Gasteiger partial charge on any atom is 1.00 e. The molecule has 0 saturated carbocycles. The van der Waals surface area contributed by atoms with E-state index in [0.29, 0.717) is 28.5 Å². The molecule has 6 unspecified atom stereocenters. The van der Waals surface area contributed by atoms with Crippen molar-refractivity contribution in [2.75, 3.05) is 85.5 Å². The summed E-state index contributed by atoms with van der Waals surface area (Å²) in [5.41, 5.74) is -8.30. The molecule has 0 aliphatic carbocycles. The number of rotatable bonds is 49. The molecule has 2 aromatic carbocycles. The number of hydrogen-bond donors (Lipinski definition) is 3. The molecular formula is C66H97F3Li2N2O28S4. The third-order valence-electron chi connectivity index (χ3n) is 15.3. The summed E-state index contributed by atoms with van der Waals surface area (Å²) in [4.78, 5) is 94.6. The number of nitrogens with zero attached hydrogens (tertiary/aromatic N) is 2. The molecular weight excluding hydrogens is 1470 g/mol. The summed E-state index contributed by atoms with van der Waals surface area (Å²) < 4.78 is 186. The van der Waals surface area contributed by atoms with Crippen molar-refractivity contribution in [2.24, 2.45) is 39.9 Å². The summed E-state index contributed by atoms with van der Waals surface area (Å²) in [5, 5.41) is 28.0. The summed E-state index contributed by atoms with van der Waals surface area (Å²) in [7, 11) is -20.3. The molecule has 0 aliphatic rings. The van der Waals surface area contributed by atoms with Crippen LogP contribution in [0.15, 0.2) is 82.6 Å². The first-order valence-corrected chi connectivity index (χ1v) is 38.1. The van der Waals surface area contributed by atoms with Crippen LogP contribution in [0.25, 0.3) is 8.25 Å². The normalized spacial score (nSPS) is 14.1. The van der Waals surface area contributed by atoms with Gasteiger partial charge >= 0.3 is 85.0 Å². The number of sulfonamides is 4. The molecule has 2 rings (SSSR count). The van der Waals surface area contributed by atoms with E-state index in [1.807, 2.05) is 4.13 Å². The third-order valence-corrected chi connectivity index (χ3v) is 21.1. The standard InChI is InChI=1S/C42H57F3N2O18S4.C24H40O10.2Li/c1-28(25-61-17-19-63-37(49)33(23-40(4,5)39(51)52)21-29(2)31-9-13-35(14-10-31)67(55,56)46-66(8,53)54)26-62-18-20-64-38(50)34(24-41(6,7)65-27-48)22-30(3)32-11-15-36(16-12-32)68(57,58)47-69(59,60)42(43,44)45;1-16(14-31-8-10-33-19(25)17(2)12-23(4,5)21(27)28)15-32-9-11-34-20(26)18(3)13-24(6,7)22(29)30;;/h9-16,27,29-30,33-34H,1,17-26H2,2-8H3,(H,51,52);17-18H,1,8-15H2,2-7H3,(H,27,28)(H,29,30);;/q-2;;2*+1. The van der Waals surface area contributed by atoms with Crippen LogP contribution in [0.4, 0.5) is 13.2 Å². The predicted molar refractivity (Wildman–Crippen MR) is 365 cm³/mol. The molecule has 6 atom stereocenters. The van der Waals surface area contributed by atoms with E-state index in [1.54, 1.807) is 69.2 Å². The van der Waals surface area contributed by atoms with Crippen LogP contribution < -0.4 is 37.7 Å². The molecule has 30 nitrogen and oxygen atoms in total. The minimum absolute atomic E-state index is 0. The molecule has 586 valence electrons. The quantitative estimate of drug-likeness (QED) is 0.0214. The van der Waals surface area contributed by atoms with Crippen molar-refractivity contribution < 1.29 is 181 Å². The zero-order valence-electron chi connectivity index (χ0n) is 62.0. The zero-order valence-corrected chi connectivity index (χ0v) is 65.3. The number of carboxylic acids is 3. The maximum absolute atomic E-state index is 13.3. The summed E-state index contributed by atoms with van der Waals surface area (Å²) in [6.07, 6.45) is 1.06. The van der Waals surface area contributed by atoms with Crippen molar-refractivity contribution in [3.05, 3.63) is 92.2 Å². The Hall–Kier alpha value is -5.78. The molecule has 105 heavy (non-hydrogen) atoms. The first-order chi connectivity index (χ1) is 47.1. The molecule has 2 aromatic rings. The van der Waals surface area contributed by atoms with Gasteiger partial charge in [0.1, 0.15) is 52.1 Å². The molecule has 0 amide bonds. The van der Waals surface area contributed by atoms with Gasteiger partial charge < -0.3 is 66.2 Å². The average molecular weight is 1570 g/mol. The van der Waals surface area contributed by atoms with Crippen molar-refractivity contribution in [3.63, 3.8) is 0 Å². The van der Waals surface area contributed by atoms with Gasteiger partial charge in [-0.05, 0) is 152 Å². The van der Waals surface area contributed by atoms with Crippen molar-refractivity contribution >= 4 is 88.4 Å². The molecule has 0 aromatic heterocycles. The number of esters is 4. The van der Waals surface area contributed by atoms with Crippen molar-refractivity contribution in [1.82, 2.24) is 0 Å². The third kappa shape index (κ3) is 38.7. The van der Waals surface area contributed by atoms with E-state index < -0.39 is 150 Å². The number of alkyl halides is 3. The smallest absolute Gasteiger partial charge is 0.481 e. The number of ether oxygens (including phenoxy) is 9. The zero-order chi connectivity index (χ0) is 79.3. The van der Waals surface area contributed by atoms with Crippen LogP contribution in [0.1, 0.15) is 145 Å². The van der Waals surface area contributed by atoms with Crippen LogP contribution in [-0.2, 0) is 121 Å². The van der Waals surface area contributed by atoms with Crippen molar-refractivity contribution in [1.29, 1.82) is 0 Å². The number of benzene rings is 2. The van der Waals surface area contributed by atoms with Gasteiger partial charge in [-0.1, -0.05) is 65.1 Å². The van der Waals surface area contributed by atoms with Gasteiger partial charge in [0.25, 0.3) is 6.47 Å². The molecule has 0 fully saturated rings. The van der Waals surface area contributed by atoms with Gasteiger partial charge in [-0.2, -0.15) is 13.2 Å². The molecule has 0 radical (unpaired) electrons. The van der Waals surface area contributed by atoms with Crippen LogP contribution in [0, 0.1) is 39.9 Å². The Bertz CT molecular complexity index is 3610. The maximum atomic E-state index is 13.3. The molecule has 39 heteroatoms. The fourth-order valence-corrected chi connectivity index (χ4v) is 14.1. The van der Waals surface area contributed by atoms with E-state index in [9.17, 15) is 90.3 Å². The molecule has 0 bridgehead atoms. The van der Waals surface area contributed by atoms with Crippen LogP contribution >= 0.6 is 0 Å². The number of carbonyl (C=O) groups is 8. The van der Waals surface area contributed by atoms with Gasteiger partial charge in [-0.25, -0.2) is 33.7 Å². The van der Waals surface area contributed by atoms with Gasteiger partial charge in [0.2, 0.25) is 0 Å². The Kier molecular flexibility index (Phi) is 43.7. The van der Waals surface area contributed by atoms with E-state index in [0.717, 1.165) is 12.1 Å². The molecule has 0 spiro atoms. The summed E-state index contributed by atoms with van der Waals surface area (Å²) >= 11 is 0. The Morgan fingerprint density at radius 1 is 0.467 bits per heavy atom. The molecule has 0 aliphatic heterocycles. The monoisotopic (exact) mass is 1560 g/mol. The number of halogens is 3. The first kappa shape index (κ1) is 101. The largest absolute Gasteiger partial charge is 1.00 e. The molecule has 0 saturated heterocycles. The summed E-state index contributed by atoms with van der Waals surface area (Å²) in [5.74, 6) is -9.23. The summed E-state index contributed by atoms with van der Waals surface area (Å²) in [6.45, 7) is 27.0. The van der Waals surface area contributed by atoms with Gasteiger partial charge in [-0.15, -0.1) is 0 Å². The average Bonchev–Trinajstić information content (AvgIpc) is 0.798. The van der Waals surface area contributed by atoms with Gasteiger partial charge in [0.15, 0.2) is 10.0 Å². The van der Waals surface area contributed by atoms with Gasteiger partial charge in [0, 0.05) is 16.0 Å². The second kappa shape index (κ2) is 45.3. The van der Waals surface area contributed by atoms with Crippen LogP contribution in [0.5, 0.6) is 0 Å². The van der Waals surface area contributed by atoms with Crippen molar-refractivity contribution in [2.45, 2.75) is 154 Å². The fraction of sp³-hybridized carbons (Fsp3) is 0.636. The number of aliphatic carboxylic acids is 3.